The molecule has 0 aromatic carbocycles. The molecule has 0 aliphatic carbocycles. The Morgan fingerprint density at radius 1 is 1.31 bits per heavy atom. The third-order valence-corrected chi connectivity index (χ3v) is 2.71. The van der Waals surface area contributed by atoms with E-state index >= 15 is 0 Å². The summed E-state index contributed by atoms with van der Waals surface area (Å²) < 4.78 is 0. The molecule has 0 aromatic rings. The van der Waals surface area contributed by atoms with E-state index in [1.807, 2.05) is 13.8 Å². The zero-order chi connectivity index (χ0) is 10.3. The highest BCUT2D eigenvalue weighted by molar-refractivity contribution is 4.74. The van der Waals surface area contributed by atoms with E-state index in [2.05, 4.69) is 18.7 Å². The first-order valence-corrected chi connectivity index (χ1v) is 5.68. The van der Waals surface area contributed by atoms with Crippen molar-refractivity contribution in [1.29, 1.82) is 0 Å². The van der Waals surface area contributed by atoms with E-state index < -0.39 is 0 Å². The molecule has 0 radical (unpaired) electrons. The molecule has 0 unspecified atom stereocenters. The largest absolute Gasteiger partial charge is 0.330 e. The van der Waals surface area contributed by atoms with E-state index in [9.17, 15) is 0 Å². The molecule has 1 heterocycles. The molecule has 0 bridgehead atoms. The number of nitrogens with zero attached hydrogens (tertiary/aromatic N) is 1. The topological polar surface area (TPSA) is 29.3 Å². The molecule has 0 atom stereocenters. The van der Waals surface area contributed by atoms with Crippen molar-refractivity contribution in [2.24, 2.45) is 11.7 Å². The molecule has 2 nitrogen and oxygen atoms in total. The molecule has 0 spiro atoms. The Hall–Kier alpha value is -0.0800. The average Bonchev–Trinajstić information content (AvgIpc) is 2.21. The van der Waals surface area contributed by atoms with Crippen molar-refractivity contribution in [1.82, 2.24) is 4.90 Å². The SMILES string of the molecule is CC.CC(C)N1CCC(CN)CC1.[HH]. The normalized spacial score (nSPS) is 19.8. The third-order valence-electron chi connectivity index (χ3n) is 2.71. The van der Waals surface area contributed by atoms with Gasteiger partial charge in [0.15, 0.2) is 0 Å². The molecule has 1 aliphatic rings. The summed E-state index contributed by atoms with van der Waals surface area (Å²) in [6, 6.07) is 0.716. The summed E-state index contributed by atoms with van der Waals surface area (Å²) in [6.45, 7) is 11.9. The van der Waals surface area contributed by atoms with E-state index in [4.69, 9.17) is 5.73 Å². The molecular formula is C11H28N2. The second kappa shape index (κ2) is 7.34. The standard InChI is InChI=1S/C9H20N2.C2H6.H2/c1-8(2)11-5-3-9(7-10)4-6-11;1-2;/h8-9H,3-7,10H2,1-2H3;1-2H3;1H. The molecule has 1 saturated heterocycles. The molecule has 2 heteroatoms. The van der Waals surface area contributed by atoms with Gasteiger partial charge in [-0.25, -0.2) is 0 Å². The predicted molar refractivity (Wildman–Crippen MR) is 61.9 cm³/mol. The summed E-state index contributed by atoms with van der Waals surface area (Å²) in [7, 11) is 0. The van der Waals surface area contributed by atoms with Crippen molar-refractivity contribution >= 4 is 0 Å². The maximum atomic E-state index is 5.61. The first kappa shape index (κ1) is 12.9. The number of rotatable bonds is 2. The lowest BCUT2D eigenvalue weighted by atomic mass is 9.96. The Morgan fingerprint density at radius 3 is 2.08 bits per heavy atom. The van der Waals surface area contributed by atoms with Crippen LogP contribution in [0.1, 0.15) is 42.0 Å². The zero-order valence-electron chi connectivity index (χ0n) is 9.71. The smallest absolute Gasteiger partial charge is 0.00385 e. The monoisotopic (exact) mass is 188 g/mol. The fraction of sp³-hybridized carbons (Fsp3) is 1.00. The Labute approximate surface area is 85.0 Å². The van der Waals surface area contributed by atoms with Gasteiger partial charge in [0, 0.05) is 7.47 Å². The van der Waals surface area contributed by atoms with Gasteiger partial charge in [-0.15, -0.1) is 0 Å². The van der Waals surface area contributed by atoms with Gasteiger partial charge < -0.3 is 10.6 Å². The van der Waals surface area contributed by atoms with Gasteiger partial charge in [-0.1, -0.05) is 13.8 Å². The summed E-state index contributed by atoms with van der Waals surface area (Å²) in [4.78, 5) is 2.53. The van der Waals surface area contributed by atoms with E-state index in [1.165, 1.54) is 25.9 Å². The van der Waals surface area contributed by atoms with Crippen LogP contribution in [0.3, 0.4) is 0 Å². The van der Waals surface area contributed by atoms with E-state index in [0.717, 1.165) is 12.5 Å². The maximum Gasteiger partial charge on any atom is 0.00385 e. The van der Waals surface area contributed by atoms with Crippen LogP contribution in [0.2, 0.25) is 0 Å². The lowest BCUT2D eigenvalue weighted by Gasteiger charge is -2.34. The molecule has 0 saturated carbocycles. The van der Waals surface area contributed by atoms with Gasteiger partial charge >= 0.3 is 0 Å². The Kier molecular flexibility index (Phi) is 7.29. The van der Waals surface area contributed by atoms with Crippen LogP contribution in [0.5, 0.6) is 0 Å². The van der Waals surface area contributed by atoms with Crippen LogP contribution in [0.15, 0.2) is 0 Å². The third kappa shape index (κ3) is 4.63. The van der Waals surface area contributed by atoms with Crippen LogP contribution in [-0.4, -0.2) is 30.6 Å². The van der Waals surface area contributed by atoms with Gasteiger partial charge in [-0.2, -0.15) is 0 Å². The van der Waals surface area contributed by atoms with Crippen LogP contribution >= 0.6 is 0 Å². The summed E-state index contributed by atoms with van der Waals surface area (Å²) in [5.41, 5.74) is 5.61. The number of nitrogens with two attached hydrogens (primary N) is 1. The highest BCUT2D eigenvalue weighted by Crippen LogP contribution is 2.17. The minimum atomic E-state index is 0. The van der Waals surface area contributed by atoms with Crippen LogP contribution < -0.4 is 5.73 Å². The van der Waals surface area contributed by atoms with Crippen molar-refractivity contribution < 1.29 is 1.43 Å². The molecule has 1 rings (SSSR count). The van der Waals surface area contributed by atoms with Gasteiger partial charge in [0.25, 0.3) is 0 Å². The number of likely N-dealkylation sites (tertiary alicyclic amines) is 1. The Balaban J connectivity index is 0. The average molecular weight is 188 g/mol. The molecule has 1 aliphatic heterocycles. The molecule has 0 amide bonds. The van der Waals surface area contributed by atoms with Crippen molar-refractivity contribution in [3.63, 3.8) is 0 Å². The van der Waals surface area contributed by atoms with Gasteiger partial charge in [-0.3, -0.25) is 0 Å². The van der Waals surface area contributed by atoms with Crippen LogP contribution in [0.25, 0.3) is 0 Å². The van der Waals surface area contributed by atoms with Crippen LogP contribution in [0, 0.1) is 5.92 Å². The van der Waals surface area contributed by atoms with Crippen molar-refractivity contribution in [2.45, 2.75) is 46.6 Å². The lowest BCUT2D eigenvalue weighted by Crippen LogP contribution is -2.40. The molecular weight excluding hydrogens is 160 g/mol. The summed E-state index contributed by atoms with van der Waals surface area (Å²) in [5, 5.41) is 0. The highest BCUT2D eigenvalue weighted by atomic mass is 15.1. The van der Waals surface area contributed by atoms with E-state index in [-0.39, 0.29) is 1.43 Å². The van der Waals surface area contributed by atoms with Crippen molar-refractivity contribution in [2.75, 3.05) is 19.6 Å². The Morgan fingerprint density at radius 2 is 1.77 bits per heavy atom. The summed E-state index contributed by atoms with van der Waals surface area (Å²) >= 11 is 0. The molecule has 13 heavy (non-hydrogen) atoms. The second-order valence-corrected chi connectivity index (χ2v) is 3.81. The van der Waals surface area contributed by atoms with E-state index in [1.54, 1.807) is 0 Å². The van der Waals surface area contributed by atoms with Crippen molar-refractivity contribution in [3.05, 3.63) is 0 Å². The number of piperidine rings is 1. The second-order valence-electron chi connectivity index (χ2n) is 3.81. The van der Waals surface area contributed by atoms with Gasteiger partial charge in [0.2, 0.25) is 0 Å². The van der Waals surface area contributed by atoms with Gasteiger partial charge in [0.05, 0.1) is 0 Å². The van der Waals surface area contributed by atoms with Gasteiger partial charge in [0.1, 0.15) is 0 Å². The quantitative estimate of drug-likeness (QED) is 0.720. The predicted octanol–water partition coefficient (Wildman–Crippen LogP) is 2.34. The first-order chi connectivity index (χ1) is 6.24. The summed E-state index contributed by atoms with van der Waals surface area (Å²) in [5.74, 6) is 0.796. The lowest BCUT2D eigenvalue weighted by molar-refractivity contribution is 0.152. The fourth-order valence-corrected chi connectivity index (χ4v) is 1.71. The maximum absolute atomic E-state index is 5.61. The minimum Gasteiger partial charge on any atom is -0.330 e. The highest BCUT2D eigenvalue weighted by Gasteiger charge is 2.18. The minimum absolute atomic E-state index is 0. The summed E-state index contributed by atoms with van der Waals surface area (Å²) in [6.07, 6.45) is 2.60. The van der Waals surface area contributed by atoms with Crippen LogP contribution in [0.4, 0.5) is 0 Å². The van der Waals surface area contributed by atoms with Crippen LogP contribution in [-0.2, 0) is 0 Å². The number of hydrogen-bond acceptors (Lipinski definition) is 2. The van der Waals surface area contributed by atoms with E-state index in [0.29, 0.717) is 6.04 Å². The first-order valence-electron chi connectivity index (χ1n) is 5.68. The molecule has 82 valence electrons. The van der Waals surface area contributed by atoms with Gasteiger partial charge in [-0.05, 0) is 52.2 Å². The Bertz CT molecular complexity index is 110. The molecule has 2 N–H and O–H groups in total. The molecule has 1 fully saturated rings. The fourth-order valence-electron chi connectivity index (χ4n) is 1.71. The number of hydrogen-bond donors (Lipinski definition) is 1. The van der Waals surface area contributed by atoms with Crippen molar-refractivity contribution in [3.8, 4) is 0 Å². The molecule has 0 aromatic heterocycles. The zero-order valence-corrected chi connectivity index (χ0v) is 9.71.